The normalized spacial score (nSPS) is 10.0. The molecule has 0 amide bonds. The summed E-state index contributed by atoms with van der Waals surface area (Å²) >= 11 is 6.46. The third-order valence-electron chi connectivity index (χ3n) is 6.84. The van der Waals surface area contributed by atoms with Gasteiger partial charge < -0.3 is 21.6 Å². The van der Waals surface area contributed by atoms with Crippen LogP contribution >= 0.6 is 37.8 Å². The Morgan fingerprint density at radius 2 is 0.700 bits per heavy atom. The maximum Gasteiger partial charge on any atom is -0.0134 e. The van der Waals surface area contributed by atoms with Crippen molar-refractivity contribution in [2.24, 2.45) is 0 Å². The molecule has 2 nitrogen and oxygen atoms in total. The van der Waals surface area contributed by atoms with Crippen molar-refractivity contribution in [1.82, 2.24) is 0 Å². The summed E-state index contributed by atoms with van der Waals surface area (Å²) < 4.78 is 12.8. The standard InChI is InChI=1S/2C18H15P.C5H11OSSi.CO.ClH.Ru/c2*1-4-10-16(11-5-1)19(17-12-6-2-7-13-17)18-14-8-3-9-15-18;1-4-6-8(2,3)5-7;1-2;;/h2*1-15H;4H2,1-3H3;;1H;/q;;-1;;;+2/p-1. The fraction of sp³-hybridized carbons (Fsp3) is 0.0952. The molecular formula is C42H41ClO2P2RuSSi. The van der Waals surface area contributed by atoms with Gasteiger partial charge in [0.05, 0.1) is 0 Å². The van der Waals surface area contributed by atoms with Crippen molar-refractivity contribution in [2.75, 3.05) is 6.61 Å². The molecule has 0 N–H and O–H groups in total. The summed E-state index contributed by atoms with van der Waals surface area (Å²) in [6.45, 7) is 11.3. The Labute approximate surface area is 322 Å². The third-order valence-corrected chi connectivity index (χ3v) is 14.7. The van der Waals surface area contributed by atoms with Crippen LogP contribution in [0.1, 0.15) is 6.92 Å². The van der Waals surface area contributed by atoms with Crippen LogP contribution in [0.2, 0.25) is 13.1 Å². The van der Waals surface area contributed by atoms with Crippen LogP contribution in [-0.4, -0.2) is 19.9 Å². The van der Waals surface area contributed by atoms with Gasteiger partial charge in [0.15, 0.2) is 0 Å². The fourth-order valence-corrected chi connectivity index (χ4v) is 10.3. The molecule has 0 saturated heterocycles. The van der Waals surface area contributed by atoms with Gasteiger partial charge in [-0.25, -0.2) is 0 Å². The van der Waals surface area contributed by atoms with E-state index in [9.17, 15) is 0 Å². The largest absolute Gasteiger partial charge is 0.0622 e. The Balaban J connectivity index is 0.000000266. The smallest absolute Gasteiger partial charge is 0.0134 e. The summed E-state index contributed by atoms with van der Waals surface area (Å²) in [5, 5.41) is 8.39. The van der Waals surface area contributed by atoms with Crippen LogP contribution in [0.5, 0.6) is 0 Å². The number of hydrogen-bond donors (Lipinski definition) is 0. The minimum Gasteiger partial charge on any atom is -0.0622 e. The van der Waals surface area contributed by atoms with Gasteiger partial charge in [-0.15, -0.1) is 0 Å². The van der Waals surface area contributed by atoms with E-state index < -0.39 is 24.2 Å². The molecule has 256 valence electrons. The van der Waals surface area contributed by atoms with Crippen LogP contribution < -0.4 is 31.8 Å². The Bertz CT molecular complexity index is 1430. The van der Waals surface area contributed by atoms with E-state index in [0.29, 0.717) is 0 Å². The zero-order chi connectivity index (χ0) is 36.5. The fourth-order valence-electron chi connectivity index (χ4n) is 4.75. The molecule has 6 aromatic rings. The minimum atomic E-state index is -1.61. The van der Waals surface area contributed by atoms with Crippen molar-refractivity contribution in [2.45, 2.75) is 20.0 Å². The van der Waals surface area contributed by atoms with Gasteiger partial charge in [-0.3, -0.25) is 0 Å². The molecule has 0 aliphatic heterocycles. The van der Waals surface area contributed by atoms with Gasteiger partial charge in [0, 0.05) is 14.9 Å². The second-order valence-electron chi connectivity index (χ2n) is 10.7. The molecule has 0 aliphatic rings. The maximum atomic E-state index is 7.50. The molecule has 0 radical (unpaired) electrons. The summed E-state index contributed by atoms with van der Waals surface area (Å²) in [4.78, 5) is 2.74. The van der Waals surface area contributed by atoms with Crippen molar-refractivity contribution in [3.8, 4) is 0 Å². The van der Waals surface area contributed by atoms with E-state index in [2.05, 4.69) is 216 Å². The molecule has 0 unspecified atom stereocenters. The van der Waals surface area contributed by atoms with Gasteiger partial charge >= 0.3 is 38.3 Å². The first-order chi connectivity index (χ1) is 24.5. The zero-order valence-electron chi connectivity index (χ0n) is 28.4. The molecular weight excluding hydrogens is 795 g/mol. The molecule has 6 aromatic carbocycles. The predicted octanol–water partition coefficient (Wildman–Crippen LogP) is 9.18. The van der Waals surface area contributed by atoms with Crippen LogP contribution in [0, 0.1) is 6.65 Å². The van der Waals surface area contributed by atoms with Crippen LogP contribution in [0.3, 0.4) is 0 Å². The Morgan fingerprint density at radius 1 is 0.520 bits per heavy atom. The summed E-state index contributed by atoms with van der Waals surface area (Å²) in [6, 6.07) is 64.7. The van der Waals surface area contributed by atoms with E-state index in [1.807, 2.05) is 37.3 Å². The molecule has 50 heavy (non-hydrogen) atoms. The number of benzene rings is 6. The summed E-state index contributed by atoms with van der Waals surface area (Å²) in [6.07, 6.45) is 0. The van der Waals surface area contributed by atoms with Gasteiger partial charge in [-0.05, 0) is 54.6 Å². The topological polar surface area (TPSA) is 29.1 Å². The van der Waals surface area contributed by atoms with Crippen LogP contribution in [0.15, 0.2) is 182 Å². The average molecular weight is 836 g/mol. The second-order valence-corrected chi connectivity index (χ2v) is 19.3. The molecule has 0 fully saturated rings. The quantitative estimate of drug-likeness (QED) is 0.0479. The Morgan fingerprint density at radius 3 is 0.820 bits per heavy atom. The number of hydrogen-bond acceptors (Lipinski definition) is 2. The van der Waals surface area contributed by atoms with Crippen molar-refractivity contribution < 1.29 is 26.4 Å². The maximum absolute atomic E-state index is 7.50. The van der Waals surface area contributed by atoms with E-state index in [4.69, 9.17) is 9.08 Å². The minimum absolute atomic E-state index is 0.446. The van der Waals surface area contributed by atoms with Crippen molar-refractivity contribution in [3.63, 3.8) is 0 Å². The van der Waals surface area contributed by atoms with Gasteiger partial charge in [-0.2, -0.15) is 0 Å². The summed E-state index contributed by atoms with van der Waals surface area (Å²) in [5.74, 6) is 0. The van der Waals surface area contributed by atoms with E-state index in [1.165, 1.54) is 31.8 Å². The molecule has 6 rings (SSSR count). The van der Waals surface area contributed by atoms with Crippen LogP contribution in [0.25, 0.3) is 0 Å². The average Bonchev–Trinajstić information content (AvgIpc) is 3.20. The third kappa shape index (κ3) is 15.1. The first-order valence-corrected chi connectivity index (χ1v) is 24.0. The van der Waals surface area contributed by atoms with E-state index in [0.717, 1.165) is 6.61 Å². The van der Waals surface area contributed by atoms with Gasteiger partial charge in [0.1, 0.15) is 0 Å². The molecule has 0 bridgehead atoms. The number of rotatable bonds is 9. The van der Waals surface area contributed by atoms with Gasteiger partial charge in [0.2, 0.25) is 0 Å². The summed E-state index contributed by atoms with van der Waals surface area (Å²) in [7, 11) is 2.06. The molecule has 0 heterocycles. The van der Waals surface area contributed by atoms with E-state index in [-0.39, 0.29) is 0 Å². The molecule has 0 atom stereocenters. The van der Waals surface area contributed by atoms with Gasteiger partial charge in [-0.1, -0.05) is 195 Å². The summed E-state index contributed by atoms with van der Waals surface area (Å²) in [5.41, 5.74) is 0. The number of thiocarbonyl (C=S) groups is 1. The SMILES string of the molecule is CCO[Si](C)(C)[C-]=S.[C-]#[O+].[Cl][Ru+].c1ccc(P(c2ccccc2)c2ccccc2)cc1.c1ccc(P(c2ccccc2)c2ccccc2)cc1. The number of halogens is 1. The first-order valence-electron chi connectivity index (χ1n) is 15.8. The Kier molecular flexibility index (Phi) is 22.5. The zero-order valence-corrected chi connectivity index (χ0v) is 34.5. The molecule has 0 saturated carbocycles. The van der Waals surface area contributed by atoms with Crippen molar-refractivity contribution >= 4 is 82.9 Å². The Hall–Kier alpha value is -2.90. The van der Waals surface area contributed by atoms with E-state index in [1.54, 1.807) is 0 Å². The van der Waals surface area contributed by atoms with Crippen molar-refractivity contribution in [3.05, 3.63) is 189 Å². The molecule has 0 spiro atoms. The molecule has 8 heteroatoms. The second kappa shape index (κ2) is 26.0. The molecule has 0 aromatic heterocycles. The van der Waals surface area contributed by atoms with Crippen molar-refractivity contribution in [1.29, 1.82) is 0 Å². The first kappa shape index (κ1) is 43.3. The van der Waals surface area contributed by atoms with Crippen LogP contribution in [-0.2, 0) is 26.4 Å². The molecule has 0 aliphatic carbocycles. The van der Waals surface area contributed by atoms with E-state index >= 15 is 0 Å². The monoisotopic (exact) mass is 836 g/mol. The van der Waals surface area contributed by atoms with Crippen LogP contribution in [0.4, 0.5) is 0 Å². The predicted molar refractivity (Wildman–Crippen MR) is 222 cm³/mol. The van der Waals surface area contributed by atoms with Gasteiger partial charge in [0.25, 0.3) is 0 Å².